The average molecular weight is 455 g/mol. The fourth-order valence-corrected chi connectivity index (χ4v) is 3.11. The number of anilines is 1. The molecule has 3 aromatic rings. The topological polar surface area (TPSA) is 84.5 Å². The Bertz CT molecular complexity index is 1140. The van der Waals surface area contributed by atoms with E-state index in [1.54, 1.807) is 24.3 Å². The standard InChI is InChI=1S/C24H20ClFN2O4/c1-15(16-7-3-2-4-8-16)27-23(30)18-9-5-6-10-21(18)28-22(29)14-32-24(31)19-13-17(25)11-12-20(19)26/h2-13,15H,14H2,1H3,(H,27,30)(H,28,29). The third kappa shape index (κ3) is 5.92. The van der Waals surface area contributed by atoms with Crippen LogP contribution in [-0.2, 0) is 9.53 Å². The summed E-state index contributed by atoms with van der Waals surface area (Å²) in [5.41, 5.74) is 1.05. The first-order valence-electron chi connectivity index (χ1n) is 9.72. The van der Waals surface area contributed by atoms with Gasteiger partial charge in [-0.2, -0.15) is 0 Å². The highest BCUT2D eigenvalue weighted by Crippen LogP contribution is 2.19. The summed E-state index contributed by atoms with van der Waals surface area (Å²) in [6, 6.07) is 19.1. The average Bonchev–Trinajstić information content (AvgIpc) is 2.80. The first kappa shape index (κ1) is 23.0. The van der Waals surface area contributed by atoms with Gasteiger partial charge in [0.15, 0.2) is 6.61 Å². The molecular weight excluding hydrogens is 435 g/mol. The number of carbonyl (C=O) groups excluding carboxylic acids is 3. The van der Waals surface area contributed by atoms with Crippen molar-refractivity contribution in [1.82, 2.24) is 5.32 Å². The van der Waals surface area contributed by atoms with E-state index in [0.29, 0.717) is 0 Å². The van der Waals surface area contributed by atoms with Crippen LogP contribution in [0.15, 0.2) is 72.8 Å². The van der Waals surface area contributed by atoms with Crippen molar-refractivity contribution in [3.63, 3.8) is 0 Å². The van der Waals surface area contributed by atoms with Gasteiger partial charge in [0.2, 0.25) is 0 Å². The zero-order valence-corrected chi connectivity index (χ0v) is 17.9. The molecule has 0 aliphatic carbocycles. The minimum atomic E-state index is -1.03. The van der Waals surface area contributed by atoms with Crippen molar-refractivity contribution >= 4 is 35.1 Å². The number of amides is 2. The molecule has 0 heterocycles. The van der Waals surface area contributed by atoms with Gasteiger partial charge < -0.3 is 15.4 Å². The van der Waals surface area contributed by atoms with Crippen molar-refractivity contribution < 1.29 is 23.5 Å². The third-order valence-corrected chi connectivity index (χ3v) is 4.81. The van der Waals surface area contributed by atoms with E-state index in [2.05, 4.69) is 10.6 Å². The van der Waals surface area contributed by atoms with E-state index in [0.717, 1.165) is 17.7 Å². The summed E-state index contributed by atoms with van der Waals surface area (Å²) in [6.45, 7) is 1.18. The predicted octanol–water partition coefficient (Wildman–Crippen LogP) is 4.77. The summed E-state index contributed by atoms with van der Waals surface area (Å²) < 4.78 is 18.6. The minimum absolute atomic E-state index is 0.160. The van der Waals surface area contributed by atoms with E-state index in [9.17, 15) is 18.8 Å². The van der Waals surface area contributed by atoms with Crippen LogP contribution >= 0.6 is 11.6 Å². The number of esters is 1. The summed E-state index contributed by atoms with van der Waals surface area (Å²) in [6.07, 6.45) is 0. The van der Waals surface area contributed by atoms with Crippen molar-refractivity contribution in [3.8, 4) is 0 Å². The van der Waals surface area contributed by atoms with Gasteiger partial charge in [0.25, 0.3) is 11.8 Å². The van der Waals surface area contributed by atoms with Crippen molar-refractivity contribution in [2.75, 3.05) is 11.9 Å². The Morgan fingerprint density at radius 3 is 2.41 bits per heavy atom. The quantitative estimate of drug-likeness (QED) is 0.504. The van der Waals surface area contributed by atoms with Gasteiger partial charge in [-0.1, -0.05) is 54.1 Å². The van der Waals surface area contributed by atoms with E-state index >= 15 is 0 Å². The zero-order valence-electron chi connectivity index (χ0n) is 17.1. The molecule has 0 aromatic heterocycles. The molecule has 6 nitrogen and oxygen atoms in total. The van der Waals surface area contributed by atoms with Gasteiger partial charge in [0.1, 0.15) is 5.82 Å². The van der Waals surface area contributed by atoms with Crippen LogP contribution in [0.2, 0.25) is 5.02 Å². The number of para-hydroxylation sites is 1. The maximum atomic E-state index is 13.8. The smallest absolute Gasteiger partial charge is 0.341 e. The molecule has 2 N–H and O–H groups in total. The van der Waals surface area contributed by atoms with Gasteiger partial charge >= 0.3 is 5.97 Å². The number of benzene rings is 3. The molecule has 0 radical (unpaired) electrons. The van der Waals surface area contributed by atoms with Crippen LogP contribution in [0.25, 0.3) is 0 Å². The van der Waals surface area contributed by atoms with Crippen LogP contribution in [0.5, 0.6) is 0 Å². The maximum absolute atomic E-state index is 13.8. The van der Waals surface area contributed by atoms with Gasteiger partial charge in [-0.3, -0.25) is 9.59 Å². The fraction of sp³-hybridized carbons (Fsp3) is 0.125. The first-order valence-corrected chi connectivity index (χ1v) is 10.1. The van der Waals surface area contributed by atoms with E-state index in [1.807, 2.05) is 37.3 Å². The van der Waals surface area contributed by atoms with Crippen molar-refractivity contribution in [1.29, 1.82) is 0 Å². The molecule has 0 saturated carbocycles. The van der Waals surface area contributed by atoms with Crippen LogP contribution in [0.4, 0.5) is 10.1 Å². The fourth-order valence-electron chi connectivity index (χ4n) is 2.94. The zero-order chi connectivity index (χ0) is 23.1. The van der Waals surface area contributed by atoms with Gasteiger partial charge in [0, 0.05) is 5.02 Å². The van der Waals surface area contributed by atoms with Crippen molar-refractivity contribution in [2.24, 2.45) is 0 Å². The van der Waals surface area contributed by atoms with Crippen molar-refractivity contribution in [2.45, 2.75) is 13.0 Å². The van der Waals surface area contributed by atoms with Gasteiger partial charge in [-0.05, 0) is 42.8 Å². The summed E-state index contributed by atoms with van der Waals surface area (Å²) >= 11 is 5.76. The molecule has 0 spiro atoms. The number of hydrogen-bond acceptors (Lipinski definition) is 4. The lowest BCUT2D eigenvalue weighted by atomic mass is 10.1. The van der Waals surface area contributed by atoms with Gasteiger partial charge in [0.05, 0.1) is 22.9 Å². The van der Waals surface area contributed by atoms with Crippen LogP contribution in [0.3, 0.4) is 0 Å². The molecule has 0 aliphatic heterocycles. The highest BCUT2D eigenvalue weighted by molar-refractivity contribution is 6.30. The van der Waals surface area contributed by atoms with E-state index < -0.39 is 24.3 Å². The lowest BCUT2D eigenvalue weighted by Crippen LogP contribution is -2.28. The Morgan fingerprint density at radius 1 is 0.969 bits per heavy atom. The highest BCUT2D eigenvalue weighted by Gasteiger charge is 2.18. The second kappa shape index (κ2) is 10.5. The van der Waals surface area contributed by atoms with Crippen LogP contribution in [0.1, 0.15) is 39.2 Å². The minimum Gasteiger partial charge on any atom is -0.452 e. The van der Waals surface area contributed by atoms with Gasteiger partial charge in [-0.15, -0.1) is 0 Å². The number of nitrogens with one attached hydrogen (secondary N) is 2. The Balaban J connectivity index is 1.62. The monoisotopic (exact) mass is 454 g/mol. The second-order valence-corrected chi connectivity index (χ2v) is 7.34. The first-order chi connectivity index (χ1) is 15.3. The van der Waals surface area contributed by atoms with Gasteiger partial charge in [-0.25, -0.2) is 9.18 Å². The Hall–Kier alpha value is -3.71. The molecule has 32 heavy (non-hydrogen) atoms. The molecule has 1 unspecified atom stereocenters. The molecule has 0 fully saturated rings. The second-order valence-electron chi connectivity index (χ2n) is 6.90. The van der Waals surface area contributed by atoms with Crippen LogP contribution < -0.4 is 10.6 Å². The largest absolute Gasteiger partial charge is 0.452 e. The summed E-state index contributed by atoms with van der Waals surface area (Å²) in [5.74, 6) is -2.90. The molecule has 3 rings (SSSR count). The maximum Gasteiger partial charge on any atom is 0.341 e. The number of rotatable bonds is 7. The number of hydrogen-bond donors (Lipinski definition) is 2. The highest BCUT2D eigenvalue weighted by atomic mass is 35.5. The van der Waals surface area contributed by atoms with E-state index in [4.69, 9.17) is 16.3 Å². The normalized spacial score (nSPS) is 11.3. The van der Waals surface area contributed by atoms with Crippen LogP contribution in [-0.4, -0.2) is 24.4 Å². The molecule has 0 bridgehead atoms. The molecule has 8 heteroatoms. The molecule has 164 valence electrons. The predicted molar refractivity (Wildman–Crippen MR) is 119 cm³/mol. The molecule has 0 aliphatic rings. The Kier molecular flexibility index (Phi) is 7.57. The number of carbonyl (C=O) groups is 3. The number of ether oxygens (including phenoxy) is 1. The Morgan fingerprint density at radius 2 is 1.66 bits per heavy atom. The van der Waals surface area contributed by atoms with Crippen LogP contribution in [0, 0.1) is 5.82 Å². The molecule has 1 atom stereocenters. The molecular formula is C24H20ClFN2O4. The third-order valence-electron chi connectivity index (χ3n) is 4.58. The van der Waals surface area contributed by atoms with E-state index in [1.165, 1.54) is 6.07 Å². The lowest BCUT2D eigenvalue weighted by Gasteiger charge is -2.16. The molecule has 2 amide bonds. The van der Waals surface area contributed by atoms with E-state index in [-0.39, 0.29) is 33.8 Å². The summed E-state index contributed by atoms with van der Waals surface area (Å²) in [7, 11) is 0. The lowest BCUT2D eigenvalue weighted by molar-refractivity contribution is -0.119. The summed E-state index contributed by atoms with van der Waals surface area (Å²) in [4.78, 5) is 37.1. The number of halogens is 2. The Labute approximate surface area is 189 Å². The molecule has 0 saturated heterocycles. The van der Waals surface area contributed by atoms with Crippen molar-refractivity contribution in [3.05, 3.63) is 100 Å². The SMILES string of the molecule is CC(NC(=O)c1ccccc1NC(=O)COC(=O)c1cc(Cl)ccc1F)c1ccccc1. The summed E-state index contributed by atoms with van der Waals surface area (Å²) in [5, 5.41) is 5.58. The molecule has 3 aromatic carbocycles.